The lowest BCUT2D eigenvalue weighted by atomic mass is 10.2. The normalized spacial score (nSPS) is 10.5. The summed E-state index contributed by atoms with van der Waals surface area (Å²) >= 11 is 0. The van der Waals surface area contributed by atoms with Gasteiger partial charge in [-0.05, 0) is 50.2 Å². The van der Waals surface area contributed by atoms with Crippen LogP contribution in [-0.2, 0) is 6.54 Å². The lowest BCUT2D eigenvalue weighted by Crippen LogP contribution is -2.27. The molecule has 7 heteroatoms. The summed E-state index contributed by atoms with van der Waals surface area (Å²) in [4.78, 5) is 18.8. The maximum atomic E-state index is 12.9. The highest BCUT2D eigenvalue weighted by atomic mass is 16.5. The molecular formula is C20H22N4O3. The van der Waals surface area contributed by atoms with Crippen molar-refractivity contribution < 1.29 is 14.1 Å². The minimum absolute atomic E-state index is 0.155. The SMILES string of the molecule is CCOc1ccc(Nc2ncccc2C(=O)N(C)Cc2cc(C)on2)cc1. The molecule has 2 aromatic heterocycles. The third-order valence-corrected chi connectivity index (χ3v) is 3.89. The summed E-state index contributed by atoms with van der Waals surface area (Å²) in [6, 6.07) is 12.8. The second kappa shape index (κ2) is 8.35. The molecule has 1 aromatic carbocycles. The second-order valence-corrected chi connectivity index (χ2v) is 6.07. The number of nitrogens with one attached hydrogen (secondary N) is 1. The van der Waals surface area contributed by atoms with Crippen molar-refractivity contribution in [2.75, 3.05) is 19.0 Å². The molecule has 0 aliphatic heterocycles. The molecule has 2 heterocycles. The average Bonchev–Trinajstić information content (AvgIpc) is 3.08. The van der Waals surface area contributed by atoms with Gasteiger partial charge < -0.3 is 19.5 Å². The van der Waals surface area contributed by atoms with Crippen LogP contribution in [-0.4, -0.2) is 34.6 Å². The fraction of sp³-hybridized carbons (Fsp3) is 0.250. The summed E-state index contributed by atoms with van der Waals surface area (Å²) in [5.41, 5.74) is 2.00. The Labute approximate surface area is 158 Å². The van der Waals surface area contributed by atoms with Crippen LogP contribution in [0.25, 0.3) is 0 Å². The van der Waals surface area contributed by atoms with E-state index in [0.717, 1.165) is 11.4 Å². The summed E-state index contributed by atoms with van der Waals surface area (Å²) in [7, 11) is 1.72. The van der Waals surface area contributed by atoms with Gasteiger partial charge in [0, 0.05) is 25.0 Å². The fourth-order valence-electron chi connectivity index (χ4n) is 2.63. The molecule has 0 fully saturated rings. The molecule has 0 unspecified atom stereocenters. The minimum atomic E-state index is -0.155. The molecule has 140 valence electrons. The zero-order valence-corrected chi connectivity index (χ0v) is 15.6. The number of nitrogens with zero attached hydrogens (tertiary/aromatic N) is 3. The van der Waals surface area contributed by atoms with Crippen molar-refractivity contribution in [2.45, 2.75) is 20.4 Å². The van der Waals surface area contributed by atoms with Crippen LogP contribution in [0.2, 0.25) is 0 Å². The number of rotatable bonds is 7. The van der Waals surface area contributed by atoms with Crippen LogP contribution in [0.5, 0.6) is 5.75 Å². The number of ether oxygens (including phenoxy) is 1. The van der Waals surface area contributed by atoms with Gasteiger partial charge in [0.05, 0.1) is 18.7 Å². The Morgan fingerprint density at radius 3 is 2.70 bits per heavy atom. The first-order valence-corrected chi connectivity index (χ1v) is 8.69. The maximum Gasteiger partial charge on any atom is 0.257 e. The van der Waals surface area contributed by atoms with Gasteiger partial charge in [-0.25, -0.2) is 4.98 Å². The third-order valence-electron chi connectivity index (χ3n) is 3.89. The molecule has 1 amide bonds. The highest BCUT2D eigenvalue weighted by Gasteiger charge is 2.18. The van der Waals surface area contributed by atoms with Gasteiger partial charge in [-0.1, -0.05) is 5.16 Å². The molecule has 3 aromatic rings. The minimum Gasteiger partial charge on any atom is -0.494 e. The van der Waals surface area contributed by atoms with E-state index in [0.29, 0.717) is 36.0 Å². The molecule has 0 saturated carbocycles. The number of carbonyl (C=O) groups is 1. The maximum absolute atomic E-state index is 12.9. The number of aryl methyl sites for hydroxylation is 1. The zero-order chi connectivity index (χ0) is 19.2. The van der Waals surface area contributed by atoms with Crippen molar-refractivity contribution in [2.24, 2.45) is 0 Å². The van der Waals surface area contributed by atoms with Gasteiger partial charge in [0.15, 0.2) is 0 Å². The third kappa shape index (κ3) is 4.63. The van der Waals surface area contributed by atoms with Gasteiger partial charge >= 0.3 is 0 Å². The van der Waals surface area contributed by atoms with Crippen molar-refractivity contribution in [3.63, 3.8) is 0 Å². The second-order valence-electron chi connectivity index (χ2n) is 6.07. The van der Waals surface area contributed by atoms with Crippen molar-refractivity contribution in [3.05, 3.63) is 65.7 Å². The monoisotopic (exact) mass is 366 g/mol. The van der Waals surface area contributed by atoms with Crippen molar-refractivity contribution >= 4 is 17.4 Å². The predicted molar refractivity (Wildman–Crippen MR) is 102 cm³/mol. The van der Waals surface area contributed by atoms with Gasteiger partial charge in [0.2, 0.25) is 0 Å². The number of benzene rings is 1. The van der Waals surface area contributed by atoms with Gasteiger partial charge in [0.25, 0.3) is 5.91 Å². The molecule has 27 heavy (non-hydrogen) atoms. The molecular weight excluding hydrogens is 344 g/mol. The Bertz CT molecular complexity index is 906. The van der Waals surface area contributed by atoms with Crippen LogP contribution in [0.15, 0.2) is 53.2 Å². The first kappa shape index (κ1) is 18.4. The standard InChI is InChI=1S/C20H22N4O3/c1-4-26-17-9-7-15(8-10-17)22-19-18(6-5-11-21-19)20(25)24(3)13-16-12-14(2)27-23-16/h5-12H,4,13H2,1-3H3,(H,21,22). The van der Waals surface area contributed by atoms with Crippen molar-refractivity contribution in [1.82, 2.24) is 15.0 Å². The number of carbonyl (C=O) groups excluding carboxylic acids is 1. The van der Waals surface area contributed by atoms with Crippen LogP contribution in [0.1, 0.15) is 28.7 Å². The molecule has 0 radical (unpaired) electrons. The molecule has 0 atom stereocenters. The van der Waals surface area contributed by atoms with Gasteiger partial charge in [0.1, 0.15) is 23.0 Å². The lowest BCUT2D eigenvalue weighted by molar-refractivity contribution is 0.0783. The number of anilines is 2. The molecule has 7 nitrogen and oxygen atoms in total. The van der Waals surface area contributed by atoms with Crippen LogP contribution < -0.4 is 10.1 Å². The first-order valence-electron chi connectivity index (χ1n) is 8.69. The molecule has 0 saturated heterocycles. The van der Waals surface area contributed by atoms with Gasteiger partial charge in [-0.3, -0.25) is 4.79 Å². The average molecular weight is 366 g/mol. The predicted octanol–water partition coefficient (Wildman–Crippen LogP) is 3.79. The molecule has 0 aliphatic rings. The van der Waals surface area contributed by atoms with Crippen LogP contribution in [0.3, 0.4) is 0 Å². The number of amides is 1. The summed E-state index contributed by atoms with van der Waals surface area (Å²) < 4.78 is 10.5. The van der Waals surface area contributed by atoms with E-state index < -0.39 is 0 Å². The quantitative estimate of drug-likeness (QED) is 0.685. The zero-order valence-electron chi connectivity index (χ0n) is 15.6. The first-order chi connectivity index (χ1) is 13.1. The molecule has 3 rings (SSSR count). The molecule has 1 N–H and O–H groups in total. The summed E-state index contributed by atoms with van der Waals surface area (Å²) in [6.45, 7) is 4.73. The molecule has 0 aliphatic carbocycles. The number of hydrogen-bond donors (Lipinski definition) is 1. The van der Waals surface area contributed by atoms with Crippen molar-refractivity contribution in [3.8, 4) is 5.75 Å². The van der Waals surface area contributed by atoms with E-state index in [1.165, 1.54) is 0 Å². The van der Waals surface area contributed by atoms with E-state index >= 15 is 0 Å². The molecule has 0 spiro atoms. The van der Waals surface area contributed by atoms with E-state index in [1.807, 2.05) is 44.2 Å². The Morgan fingerprint density at radius 1 is 1.26 bits per heavy atom. The van der Waals surface area contributed by atoms with Gasteiger partial charge in [-0.15, -0.1) is 0 Å². The van der Waals surface area contributed by atoms with E-state index in [-0.39, 0.29) is 5.91 Å². The Morgan fingerprint density at radius 2 is 2.04 bits per heavy atom. The van der Waals surface area contributed by atoms with E-state index in [2.05, 4.69) is 15.5 Å². The number of pyridine rings is 1. The Kier molecular flexibility index (Phi) is 5.71. The van der Waals surface area contributed by atoms with Gasteiger partial charge in [-0.2, -0.15) is 0 Å². The number of aromatic nitrogens is 2. The van der Waals surface area contributed by atoms with Crippen LogP contribution in [0, 0.1) is 6.92 Å². The van der Waals surface area contributed by atoms with E-state index in [4.69, 9.17) is 9.26 Å². The summed E-state index contributed by atoms with van der Waals surface area (Å²) in [5, 5.41) is 7.13. The summed E-state index contributed by atoms with van der Waals surface area (Å²) in [6.07, 6.45) is 1.65. The smallest absolute Gasteiger partial charge is 0.257 e. The summed E-state index contributed by atoms with van der Waals surface area (Å²) in [5.74, 6) is 1.85. The largest absolute Gasteiger partial charge is 0.494 e. The van der Waals surface area contributed by atoms with Crippen LogP contribution >= 0.6 is 0 Å². The lowest BCUT2D eigenvalue weighted by Gasteiger charge is -2.18. The highest BCUT2D eigenvalue weighted by molar-refractivity contribution is 5.99. The van der Waals surface area contributed by atoms with Crippen LogP contribution in [0.4, 0.5) is 11.5 Å². The van der Waals surface area contributed by atoms with Crippen molar-refractivity contribution in [1.29, 1.82) is 0 Å². The van der Waals surface area contributed by atoms with E-state index in [9.17, 15) is 4.79 Å². The Balaban J connectivity index is 1.75. The topological polar surface area (TPSA) is 80.5 Å². The number of hydrogen-bond acceptors (Lipinski definition) is 6. The molecule has 0 bridgehead atoms. The fourth-order valence-corrected chi connectivity index (χ4v) is 2.63. The van der Waals surface area contributed by atoms with E-state index in [1.54, 1.807) is 30.3 Å². The highest BCUT2D eigenvalue weighted by Crippen LogP contribution is 2.22. The Hall–Kier alpha value is -3.35.